The Labute approximate surface area is 108 Å². The maximum absolute atomic E-state index is 11.9. The number of alkyl halides is 3. The van der Waals surface area contributed by atoms with E-state index >= 15 is 0 Å². The lowest BCUT2D eigenvalue weighted by Gasteiger charge is -2.09. The van der Waals surface area contributed by atoms with Crippen LogP contribution >= 0.6 is 0 Å². The number of hydrogen-bond donors (Lipinski definition) is 3. The summed E-state index contributed by atoms with van der Waals surface area (Å²) < 4.78 is 35.7. The normalized spacial score (nSPS) is 11.3. The number of carboxylic acids is 1. The molecule has 0 aliphatic carbocycles. The van der Waals surface area contributed by atoms with E-state index < -0.39 is 18.6 Å². The monoisotopic (exact) mass is 276 g/mol. The number of aromatic carboxylic acids is 1. The molecule has 0 heterocycles. The van der Waals surface area contributed by atoms with Crippen LogP contribution in [0.2, 0.25) is 0 Å². The predicted octanol–water partition coefficient (Wildman–Crippen LogP) is 3.11. The Morgan fingerprint density at radius 2 is 2.00 bits per heavy atom. The summed E-state index contributed by atoms with van der Waals surface area (Å²) in [7, 11) is 0. The zero-order valence-corrected chi connectivity index (χ0v) is 10.1. The van der Waals surface area contributed by atoms with Crippen LogP contribution in [0, 0.1) is 0 Å². The van der Waals surface area contributed by atoms with Crippen molar-refractivity contribution in [3.8, 4) is 0 Å². The second-order valence-electron chi connectivity index (χ2n) is 4.11. The molecule has 0 unspecified atom stereocenters. The molecule has 0 radical (unpaired) electrons. The van der Waals surface area contributed by atoms with E-state index in [2.05, 4.69) is 5.32 Å². The fourth-order valence-corrected chi connectivity index (χ4v) is 1.53. The lowest BCUT2D eigenvalue weighted by Crippen LogP contribution is -2.09. The minimum absolute atomic E-state index is 0.0275. The Morgan fingerprint density at radius 1 is 1.32 bits per heavy atom. The minimum atomic E-state index is -4.13. The summed E-state index contributed by atoms with van der Waals surface area (Å²) in [5.41, 5.74) is 6.13. The number of rotatable bonds is 6. The highest BCUT2D eigenvalue weighted by Gasteiger charge is 2.25. The average Bonchev–Trinajstić information content (AvgIpc) is 2.29. The first-order valence-electron chi connectivity index (χ1n) is 5.73. The van der Waals surface area contributed by atoms with Gasteiger partial charge < -0.3 is 16.2 Å². The molecule has 1 aromatic rings. The molecule has 0 fully saturated rings. The molecule has 19 heavy (non-hydrogen) atoms. The molecule has 1 aromatic carbocycles. The molecule has 106 valence electrons. The third-order valence-corrected chi connectivity index (χ3v) is 2.50. The van der Waals surface area contributed by atoms with Crippen LogP contribution in [0.3, 0.4) is 0 Å². The molecule has 0 aliphatic rings. The summed E-state index contributed by atoms with van der Waals surface area (Å²) in [5.74, 6) is -1.14. The number of nitrogens with one attached hydrogen (secondary N) is 1. The highest BCUT2D eigenvalue weighted by molar-refractivity contribution is 5.94. The summed E-state index contributed by atoms with van der Waals surface area (Å²) in [6, 6.07) is 4.40. The van der Waals surface area contributed by atoms with Gasteiger partial charge in [-0.15, -0.1) is 0 Å². The summed E-state index contributed by atoms with van der Waals surface area (Å²) in [4.78, 5) is 10.8. The third-order valence-electron chi connectivity index (χ3n) is 2.50. The van der Waals surface area contributed by atoms with E-state index in [-0.39, 0.29) is 17.7 Å². The van der Waals surface area contributed by atoms with Crippen molar-refractivity contribution in [3.63, 3.8) is 0 Å². The number of nitrogens with two attached hydrogens (primary N) is 1. The van der Waals surface area contributed by atoms with Crippen molar-refractivity contribution in [3.05, 3.63) is 23.8 Å². The SMILES string of the molecule is Nc1ccc(NCCCCC(F)(F)F)cc1C(=O)O. The highest BCUT2D eigenvalue weighted by Crippen LogP contribution is 2.22. The molecule has 1 rings (SSSR count). The number of benzene rings is 1. The largest absolute Gasteiger partial charge is 0.478 e. The van der Waals surface area contributed by atoms with Crippen molar-refractivity contribution in [2.75, 3.05) is 17.6 Å². The Kier molecular flexibility index (Phi) is 5.02. The zero-order chi connectivity index (χ0) is 14.5. The van der Waals surface area contributed by atoms with Gasteiger partial charge in [0.15, 0.2) is 0 Å². The van der Waals surface area contributed by atoms with Crippen LogP contribution in [0.4, 0.5) is 24.5 Å². The van der Waals surface area contributed by atoms with E-state index in [1.54, 1.807) is 6.07 Å². The highest BCUT2D eigenvalue weighted by atomic mass is 19.4. The van der Waals surface area contributed by atoms with E-state index in [0.29, 0.717) is 18.7 Å². The molecule has 4 N–H and O–H groups in total. The predicted molar refractivity (Wildman–Crippen MR) is 66.2 cm³/mol. The van der Waals surface area contributed by atoms with Crippen molar-refractivity contribution in [1.29, 1.82) is 0 Å². The van der Waals surface area contributed by atoms with E-state index in [9.17, 15) is 18.0 Å². The fraction of sp³-hybridized carbons (Fsp3) is 0.417. The van der Waals surface area contributed by atoms with Gasteiger partial charge in [0, 0.05) is 24.3 Å². The van der Waals surface area contributed by atoms with Crippen LogP contribution in [0.25, 0.3) is 0 Å². The number of carboxylic acid groups (broad SMARTS) is 1. The topological polar surface area (TPSA) is 75.3 Å². The Bertz CT molecular complexity index is 447. The molecule has 0 aliphatic heterocycles. The van der Waals surface area contributed by atoms with Gasteiger partial charge in [-0.1, -0.05) is 0 Å². The number of unbranched alkanes of at least 4 members (excludes halogenated alkanes) is 1. The standard InChI is InChI=1S/C12H15F3N2O2/c13-12(14,15)5-1-2-6-17-8-3-4-10(16)9(7-8)11(18)19/h3-4,7,17H,1-2,5-6,16H2,(H,18,19). The Hall–Kier alpha value is -1.92. The fourth-order valence-electron chi connectivity index (χ4n) is 1.53. The van der Waals surface area contributed by atoms with Crippen LogP contribution in [-0.2, 0) is 0 Å². The molecular formula is C12H15F3N2O2. The van der Waals surface area contributed by atoms with Gasteiger partial charge in [-0.3, -0.25) is 0 Å². The number of nitrogen functional groups attached to an aromatic ring is 1. The van der Waals surface area contributed by atoms with Crippen molar-refractivity contribution < 1.29 is 23.1 Å². The van der Waals surface area contributed by atoms with Gasteiger partial charge in [0.1, 0.15) is 0 Å². The van der Waals surface area contributed by atoms with Gasteiger partial charge >= 0.3 is 12.1 Å². The van der Waals surface area contributed by atoms with Crippen LogP contribution < -0.4 is 11.1 Å². The van der Waals surface area contributed by atoms with Gasteiger partial charge in [0.25, 0.3) is 0 Å². The number of halogens is 3. The average molecular weight is 276 g/mol. The van der Waals surface area contributed by atoms with Crippen molar-refractivity contribution in [2.45, 2.75) is 25.4 Å². The second kappa shape index (κ2) is 6.31. The van der Waals surface area contributed by atoms with E-state index in [4.69, 9.17) is 10.8 Å². The molecule has 0 bridgehead atoms. The lowest BCUT2D eigenvalue weighted by atomic mass is 10.1. The molecule has 0 amide bonds. The first-order valence-corrected chi connectivity index (χ1v) is 5.73. The summed E-state index contributed by atoms with van der Waals surface area (Å²) in [6.07, 6.45) is -4.54. The Morgan fingerprint density at radius 3 is 2.58 bits per heavy atom. The minimum Gasteiger partial charge on any atom is -0.478 e. The molecule has 0 spiro atoms. The van der Waals surface area contributed by atoms with Crippen molar-refractivity contribution >= 4 is 17.3 Å². The number of carbonyl (C=O) groups is 1. The quantitative estimate of drug-likeness (QED) is 0.551. The molecule has 0 saturated heterocycles. The van der Waals surface area contributed by atoms with Gasteiger partial charge in [0.05, 0.1) is 5.56 Å². The van der Waals surface area contributed by atoms with Gasteiger partial charge in [-0.05, 0) is 31.0 Å². The van der Waals surface area contributed by atoms with Crippen LogP contribution in [0.5, 0.6) is 0 Å². The van der Waals surface area contributed by atoms with Gasteiger partial charge in [0.2, 0.25) is 0 Å². The van der Waals surface area contributed by atoms with Crippen LogP contribution in [0.15, 0.2) is 18.2 Å². The first kappa shape index (κ1) is 15.1. The molecule has 0 aromatic heterocycles. The maximum atomic E-state index is 11.9. The van der Waals surface area contributed by atoms with Gasteiger partial charge in [-0.25, -0.2) is 4.79 Å². The second-order valence-corrected chi connectivity index (χ2v) is 4.11. The summed E-state index contributed by atoms with van der Waals surface area (Å²) >= 11 is 0. The van der Waals surface area contributed by atoms with Crippen molar-refractivity contribution in [2.24, 2.45) is 0 Å². The zero-order valence-electron chi connectivity index (χ0n) is 10.1. The maximum Gasteiger partial charge on any atom is 0.389 e. The molecule has 4 nitrogen and oxygen atoms in total. The van der Waals surface area contributed by atoms with E-state index in [1.165, 1.54) is 12.1 Å². The first-order chi connectivity index (χ1) is 8.79. The number of anilines is 2. The van der Waals surface area contributed by atoms with Gasteiger partial charge in [-0.2, -0.15) is 13.2 Å². The Balaban J connectivity index is 2.42. The molecule has 7 heteroatoms. The van der Waals surface area contributed by atoms with Crippen LogP contribution in [-0.4, -0.2) is 23.8 Å². The molecule has 0 saturated carbocycles. The summed E-state index contributed by atoms with van der Waals surface area (Å²) in [6.45, 7) is 0.346. The third kappa shape index (κ3) is 5.50. The van der Waals surface area contributed by atoms with Crippen LogP contribution in [0.1, 0.15) is 29.6 Å². The molecule has 0 atom stereocenters. The van der Waals surface area contributed by atoms with E-state index in [1.807, 2.05) is 0 Å². The summed E-state index contributed by atoms with van der Waals surface area (Å²) in [5, 5.41) is 11.7. The van der Waals surface area contributed by atoms with E-state index in [0.717, 1.165) is 0 Å². The van der Waals surface area contributed by atoms with Crippen molar-refractivity contribution in [1.82, 2.24) is 0 Å². The smallest absolute Gasteiger partial charge is 0.389 e. The lowest BCUT2D eigenvalue weighted by molar-refractivity contribution is -0.135. The molecular weight excluding hydrogens is 261 g/mol. The number of hydrogen-bond acceptors (Lipinski definition) is 3.